The number of β-amino-alcohol motifs (C(OH)–C–C–N with tert-alkyl or cyclic N) is 1. The molecule has 2 unspecified atom stereocenters. The number of aliphatic hydroxyl groups is 1. The molecule has 0 radical (unpaired) electrons. The van der Waals surface area contributed by atoms with Crippen LogP contribution in [0.4, 0.5) is 0 Å². The van der Waals surface area contributed by atoms with Crippen molar-refractivity contribution in [3.05, 3.63) is 29.7 Å². The molecule has 0 aliphatic carbocycles. The van der Waals surface area contributed by atoms with E-state index >= 15 is 0 Å². The molecule has 1 aromatic carbocycles. The number of nitrogens with one attached hydrogen (secondary N) is 1. The van der Waals surface area contributed by atoms with Crippen LogP contribution in [0.3, 0.4) is 0 Å². The van der Waals surface area contributed by atoms with Gasteiger partial charge in [-0.05, 0) is 24.6 Å². The summed E-state index contributed by atoms with van der Waals surface area (Å²) in [6, 6.07) is 4.46. The molecule has 1 fully saturated rings. The molecule has 1 aromatic heterocycles. The first-order chi connectivity index (χ1) is 8.63. The van der Waals surface area contributed by atoms with Gasteiger partial charge in [-0.15, -0.1) is 0 Å². The number of oxazole rings is 1. The minimum atomic E-state index is -0.996. The van der Waals surface area contributed by atoms with E-state index in [1.165, 1.54) is 12.1 Å². The molecule has 2 heterocycles. The van der Waals surface area contributed by atoms with E-state index in [2.05, 4.69) is 10.3 Å². The van der Waals surface area contributed by atoms with Gasteiger partial charge in [0.25, 0.3) is 0 Å². The van der Waals surface area contributed by atoms with Crippen molar-refractivity contribution in [2.45, 2.75) is 18.6 Å². The Balaban J connectivity index is 1.98. The Morgan fingerprint density at radius 3 is 3.00 bits per heavy atom. The third-order valence-corrected chi connectivity index (χ3v) is 3.06. The van der Waals surface area contributed by atoms with Crippen molar-refractivity contribution in [3.63, 3.8) is 0 Å². The van der Waals surface area contributed by atoms with Crippen molar-refractivity contribution < 1.29 is 19.4 Å². The highest BCUT2D eigenvalue weighted by Gasteiger charge is 2.27. The molecule has 2 atom stereocenters. The monoisotopic (exact) mass is 248 g/mol. The maximum atomic E-state index is 10.8. The first kappa shape index (κ1) is 11.2. The summed E-state index contributed by atoms with van der Waals surface area (Å²) >= 11 is 0. The van der Waals surface area contributed by atoms with Crippen LogP contribution in [-0.2, 0) is 0 Å². The molecule has 1 aliphatic heterocycles. The summed E-state index contributed by atoms with van der Waals surface area (Å²) < 4.78 is 5.54. The van der Waals surface area contributed by atoms with Crippen LogP contribution in [0.25, 0.3) is 11.1 Å². The van der Waals surface area contributed by atoms with Gasteiger partial charge in [0.2, 0.25) is 5.89 Å². The second-order valence-corrected chi connectivity index (χ2v) is 4.39. The summed E-state index contributed by atoms with van der Waals surface area (Å²) in [5, 5.41) is 21.4. The third-order valence-electron chi connectivity index (χ3n) is 3.06. The van der Waals surface area contributed by atoms with Crippen molar-refractivity contribution in [1.82, 2.24) is 10.3 Å². The molecular formula is C12H12N2O4. The third kappa shape index (κ3) is 1.85. The zero-order valence-corrected chi connectivity index (χ0v) is 9.46. The van der Waals surface area contributed by atoms with Gasteiger partial charge in [0.05, 0.1) is 17.7 Å². The largest absolute Gasteiger partial charge is 0.478 e. The van der Waals surface area contributed by atoms with Crippen LogP contribution in [0.15, 0.2) is 22.6 Å². The molecule has 3 N–H and O–H groups in total. The number of aromatic nitrogens is 1. The SMILES string of the molecule is O=C(O)c1ccc2nc(C3CC(O)CN3)oc2c1. The molecule has 1 aliphatic rings. The van der Waals surface area contributed by atoms with Crippen molar-refractivity contribution >= 4 is 17.1 Å². The average molecular weight is 248 g/mol. The Hall–Kier alpha value is -1.92. The zero-order chi connectivity index (χ0) is 12.7. The van der Waals surface area contributed by atoms with Gasteiger partial charge >= 0.3 is 5.97 Å². The second kappa shape index (κ2) is 4.08. The maximum absolute atomic E-state index is 10.8. The number of rotatable bonds is 2. The molecule has 0 bridgehead atoms. The van der Waals surface area contributed by atoms with E-state index in [9.17, 15) is 9.90 Å². The van der Waals surface area contributed by atoms with Gasteiger partial charge in [-0.2, -0.15) is 0 Å². The van der Waals surface area contributed by atoms with E-state index in [1.807, 2.05) is 0 Å². The van der Waals surface area contributed by atoms with Crippen LogP contribution in [-0.4, -0.2) is 33.8 Å². The summed E-state index contributed by atoms with van der Waals surface area (Å²) in [7, 11) is 0. The minimum absolute atomic E-state index is 0.110. The lowest BCUT2D eigenvalue weighted by Crippen LogP contribution is -2.14. The summed E-state index contributed by atoms with van der Waals surface area (Å²) in [6.45, 7) is 0.518. The number of carboxylic acid groups (broad SMARTS) is 1. The normalized spacial score (nSPS) is 23.6. The van der Waals surface area contributed by atoms with Crippen molar-refractivity contribution in [3.8, 4) is 0 Å². The number of benzene rings is 1. The Kier molecular flexibility index (Phi) is 2.53. The zero-order valence-electron chi connectivity index (χ0n) is 9.46. The fourth-order valence-electron chi connectivity index (χ4n) is 2.13. The van der Waals surface area contributed by atoms with E-state index < -0.39 is 5.97 Å². The highest BCUT2D eigenvalue weighted by Crippen LogP contribution is 2.26. The second-order valence-electron chi connectivity index (χ2n) is 4.39. The first-order valence-corrected chi connectivity index (χ1v) is 5.69. The first-order valence-electron chi connectivity index (χ1n) is 5.69. The van der Waals surface area contributed by atoms with Crippen LogP contribution >= 0.6 is 0 Å². The standard InChI is InChI=1S/C12H12N2O4/c15-7-4-9(13-5-7)11-14-8-2-1-6(12(16)17)3-10(8)18-11/h1-3,7,9,13,15H,4-5H2,(H,16,17). The summed E-state index contributed by atoms with van der Waals surface area (Å²) in [5.74, 6) is -0.506. The van der Waals surface area contributed by atoms with E-state index in [-0.39, 0.29) is 17.7 Å². The van der Waals surface area contributed by atoms with E-state index in [1.54, 1.807) is 6.07 Å². The highest BCUT2D eigenvalue weighted by atomic mass is 16.4. The lowest BCUT2D eigenvalue weighted by Gasteiger charge is -2.02. The Labute approximate surface area is 102 Å². The summed E-state index contributed by atoms with van der Waals surface area (Å²) in [4.78, 5) is 15.1. The predicted molar refractivity (Wildman–Crippen MR) is 62.3 cm³/mol. The van der Waals surface area contributed by atoms with E-state index in [0.717, 1.165) is 0 Å². The molecule has 6 nitrogen and oxygen atoms in total. The number of carbonyl (C=O) groups is 1. The smallest absolute Gasteiger partial charge is 0.335 e. The van der Waals surface area contributed by atoms with Gasteiger partial charge in [-0.25, -0.2) is 9.78 Å². The van der Waals surface area contributed by atoms with Gasteiger partial charge in [-0.1, -0.05) is 0 Å². The molecule has 2 aromatic rings. The van der Waals surface area contributed by atoms with Crippen molar-refractivity contribution in [1.29, 1.82) is 0 Å². The highest BCUT2D eigenvalue weighted by molar-refractivity contribution is 5.91. The summed E-state index contributed by atoms with van der Waals surface area (Å²) in [5.41, 5.74) is 1.25. The predicted octanol–water partition coefficient (Wildman–Crippen LogP) is 0.921. The number of aromatic carboxylic acids is 1. The molecule has 0 saturated carbocycles. The van der Waals surface area contributed by atoms with Crippen LogP contribution in [0.5, 0.6) is 0 Å². The molecular weight excluding hydrogens is 236 g/mol. The minimum Gasteiger partial charge on any atom is -0.478 e. The fraction of sp³-hybridized carbons (Fsp3) is 0.333. The number of hydrogen-bond donors (Lipinski definition) is 3. The molecule has 18 heavy (non-hydrogen) atoms. The average Bonchev–Trinajstić information content (AvgIpc) is 2.93. The van der Waals surface area contributed by atoms with E-state index in [0.29, 0.717) is 30.0 Å². The number of fused-ring (bicyclic) bond motifs is 1. The van der Waals surface area contributed by atoms with Crippen molar-refractivity contribution in [2.24, 2.45) is 0 Å². The molecule has 0 spiro atoms. The van der Waals surface area contributed by atoms with Crippen molar-refractivity contribution in [2.75, 3.05) is 6.54 Å². The number of nitrogens with zero attached hydrogens (tertiary/aromatic N) is 1. The number of aliphatic hydroxyl groups excluding tert-OH is 1. The number of carboxylic acids is 1. The molecule has 1 saturated heterocycles. The molecule has 0 amide bonds. The topological polar surface area (TPSA) is 95.6 Å². The van der Waals surface area contributed by atoms with Crippen LogP contribution in [0.2, 0.25) is 0 Å². The Morgan fingerprint density at radius 1 is 1.50 bits per heavy atom. The Bertz CT molecular complexity index is 607. The van der Waals surface area contributed by atoms with Gasteiger partial charge in [0.1, 0.15) is 5.52 Å². The Morgan fingerprint density at radius 2 is 2.33 bits per heavy atom. The van der Waals surface area contributed by atoms with Crippen LogP contribution in [0, 0.1) is 0 Å². The lowest BCUT2D eigenvalue weighted by atomic mass is 10.2. The van der Waals surface area contributed by atoms with Crippen LogP contribution in [0.1, 0.15) is 28.7 Å². The molecule has 6 heteroatoms. The summed E-state index contributed by atoms with van der Waals surface area (Å²) in [6.07, 6.45) is 0.165. The molecule has 94 valence electrons. The fourth-order valence-corrected chi connectivity index (χ4v) is 2.13. The van der Waals surface area contributed by atoms with Crippen LogP contribution < -0.4 is 5.32 Å². The number of hydrogen-bond acceptors (Lipinski definition) is 5. The molecule has 3 rings (SSSR count). The van der Waals surface area contributed by atoms with Gasteiger partial charge in [0.15, 0.2) is 5.58 Å². The van der Waals surface area contributed by atoms with E-state index in [4.69, 9.17) is 9.52 Å². The quantitative estimate of drug-likeness (QED) is 0.731. The lowest BCUT2D eigenvalue weighted by molar-refractivity contribution is 0.0697. The maximum Gasteiger partial charge on any atom is 0.335 e. The van der Waals surface area contributed by atoms with Gasteiger partial charge in [-0.3, -0.25) is 0 Å². The van der Waals surface area contributed by atoms with Gasteiger partial charge < -0.3 is 19.9 Å². The van der Waals surface area contributed by atoms with Gasteiger partial charge in [0, 0.05) is 6.54 Å².